The number of benzene rings is 2. The molecule has 0 radical (unpaired) electrons. The molecule has 0 bridgehead atoms. The van der Waals surface area contributed by atoms with Gasteiger partial charge in [0.15, 0.2) is 11.5 Å². The van der Waals surface area contributed by atoms with E-state index in [0.29, 0.717) is 34.5 Å². The van der Waals surface area contributed by atoms with E-state index in [2.05, 4.69) is 15.5 Å². The van der Waals surface area contributed by atoms with Crippen LogP contribution in [0.5, 0.6) is 17.2 Å². The zero-order valence-electron chi connectivity index (χ0n) is 17.3. The van der Waals surface area contributed by atoms with Gasteiger partial charge in [0.2, 0.25) is 23.4 Å². The van der Waals surface area contributed by atoms with Crippen LogP contribution < -0.4 is 19.5 Å². The minimum Gasteiger partial charge on any atom is -0.493 e. The highest BCUT2D eigenvalue weighted by Crippen LogP contribution is 2.40. The Morgan fingerprint density at radius 1 is 1.03 bits per heavy atom. The van der Waals surface area contributed by atoms with E-state index in [9.17, 15) is 4.79 Å². The van der Waals surface area contributed by atoms with Crippen molar-refractivity contribution < 1.29 is 23.5 Å². The molecule has 0 aliphatic heterocycles. The number of hydrogen-bond acceptors (Lipinski definition) is 7. The molecular formula is C22H23N3O5. The van der Waals surface area contributed by atoms with Crippen LogP contribution in [0.15, 0.2) is 47.0 Å². The normalized spacial score (nSPS) is 10.8. The number of aromatic nitrogens is 2. The zero-order valence-corrected chi connectivity index (χ0v) is 17.3. The molecule has 0 aliphatic rings. The van der Waals surface area contributed by atoms with E-state index in [1.54, 1.807) is 25.3 Å². The second kappa shape index (κ2) is 9.60. The van der Waals surface area contributed by atoms with Crippen molar-refractivity contribution in [2.24, 2.45) is 0 Å². The van der Waals surface area contributed by atoms with Crippen molar-refractivity contribution >= 4 is 12.0 Å². The molecule has 1 N–H and O–H groups in total. The standard InChI is InChI=1S/C22H23N3O5/c1-14-5-7-16(8-6-14)22-24-19(30-25-22)13-23-18(26)12-10-15-9-11-17(27-2)21(29-4)20(15)28-3/h5-12H,13H2,1-4H3,(H,23,26)/b12-10+. The number of carbonyl (C=O) groups is 1. The fourth-order valence-electron chi connectivity index (χ4n) is 2.79. The minimum absolute atomic E-state index is 0.116. The van der Waals surface area contributed by atoms with Gasteiger partial charge in [-0.3, -0.25) is 4.79 Å². The lowest BCUT2D eigenvalue weighted by atomic mass is 10.1. The van der Waals surface area contributed by atoms with Gasteiger partial charge in [-0.1, -0.05) is 35.0 Å². The molecule has 1 heterocycles. The first-order chi connectivity index (χ1) is 14.5. The molecule has 0 spiro atoms. The van der Waals surface area contributed by atoms with Gasteiger partial charge < -0.3 is 24.1 Å². The van der Waals surface area contributed by atoms with Gasteiger partial charge in [0, 0.05) is 17.2 Å². The molecule has 0 saturated heterocycles. The summed E-state index contributed by atoms with van der Waals surface area (Å²) in [5, 5.41) is 6.66. The molecular weight excluding hydrogens is 386 g/mol. The van der Waals surface area contributed by atoms with Crippen LogP contribution in [0.3, 0.4) is 0 Å². The third kappa shape index (κ3) is 4.78. The highest BCUT2D eigenvalue weighted by Gasteiger charge is 2.14. The number of amides is 1. The number of carbonyl (C=O) groups excluding carboxylic acids is 1. The molecule has 0 unspecified atom stereocenters. The Morgan fingerprint density at radius 3 is 2.43 bits per heavy atom. The zero-order chi connectivity index (χ0) is 21.5. The first-order valence-electron chi connectivity index (χ1n) is 9.20. The van der Waals surface area contributed by atoms with Crippen molar-refractivity contribution in [2.75, 3.05) is 21.3 Å². The van der Waals surface area contributed by atoms with Gasteiger partial charge in [-0.05, 0) is 25.1 Å². The molecule has 0 atom stereocenters. The second-order valence-corrected chi connectivity index (χ2v) is 6.35. The largest absolute Gasteiger partial charge is 0.493 e. The Morgan fingerprint density at radius 2 is 1.77 bits per heavy atom. The van der Waals surface area contributed by atoms with E-state index in [1.165, 1.54) is 20.3 Å². The minimum atomic E-state index is -0.318. The summed E-state index contributed by atoms with van der Waals surface area (Å²) in [7, 11) is 4.59. The van der Waals surface area contributed by atoms with Gasteiger partial charge in [0.05, 0.1) is 27.9 Å². The molecule has 0 aliphatic carbocycles. The maximum Gasteiger partial charge on any atom is 0.246 e. The fourth-order valence-corrected chi connectivity index (χ4v) is 2.79. The van der Waals surface area contributed by atoms with E-state index < -0.39 is 0 Å². The molecule has 30 heavy (non-hydrogen) atoms. The summed E-state index contributed by atoms with van der Waals surface area (Å²) in [5.41, 5.74) is 2.67. The molecule has 8 nitrogen and oxygen atoms in total. The number of ether oxygens (including phenoxy) is 3. The third-order valence-electron chi connectivity index (χ3n) is 4.34. The third-order valence-corrected chi connectivity index (χ3v) is 4.34. The van der Waals surface area contributed by atoms with Crippen molar-refractivity contribution in [3.63, 3.8) is 0 Å². The number of aryl methyl sites for hydroxylation is 1. The second-order valence-electron chi connectivity index (χ2n) is 6.35. The highest BCUT2D eigenvalue weighted by molar-refractivity contribution is 5.92. The van der Waals surface area contributed by atoms with E-state index in [4.69, 9.17) is 18.7 Å². The molecule has 3 rings (SSSR count). The molecule has 0 saturated carbocycles. The van der Waals surface area contributed by atoms with E-state index in [-0.39, 0.29) is 12.5 Å². The van der Waals surface area contributed by atoms with Crippen molar-refractivity contribution in [1.29, 1.82) is 0 Å². The number of rotatable bonds is 8. The predicted molar refractivity (Wildman–Crippen MR) is 111 cm³/mol. The average molecular weight is 409 g/mol. The Balaban J connectivity index is 1.64. The lowest BCUT2D eigenvalue weighted by Gasteiger charge is -2.13. The van der Waals surface area contributed by atoms with Crippen LogP contribution in [0.2, 0.25) is 0 Å². The summed E-state index contributed by atoms with van der Waals surface area (Å²) in [4.78, 5) is 16.5. The molecule has 0 fully saturated rings. The van der Waals surface area contributed by atoms with Crippen molar-refractivity contribution in [2.45, 2.75) is 13.5 Å². The lowest BCUT2D eigenvalue weighted by molar-refractivity contribution is -0.116. The van der Waals surface area contributed by atoms with E-state index in [1.807, 2.05) is 31.2 Å². The van der Waals surface area contributed by atoms with Gasteiger partial charge in [-0.25, -0.2) is 0 Å². The SMILES string of the molecule is COc1ccc(/C=C/C(=O)NCc2nc(-c3ccc(C)cc3)no2)c(OC)c1OC. The first kappa shape index (κ1) is 20.9. The highest BCUT2D eigenvalue weighted by atomic mass is 16.5. The van der Waals surface area contributed by atoms with Crippen LogP contribution in [0.1, 0.15) is 17.0 Å². The summed E-state index contributed by atoms with van der Waals surface area (Å²) >= 11 is 0. The number of methoxy groups -OCH3 is 3. The van der Waals surface area contributed by atoms with Gasteiger partial charge in [0.1, 0.15) is 0 Å². The van der Waals surface area contributed by atoms with Gasteiger partial charge >= 0.3 is 0 Å². The van der Waals surface area contributed by atoms with Crippen LogP contribution in [-0.2, 0) is 11.3 Å². The van der Waals surface area contributed by atoms with Crippen molar-refractivity contribution in [1.82, 2.24) is 15.5 Å². The monoisotopic (exact) mass is 409 g/mol. The number of nitrogens with one attached hydrogen (secondary N) is 1. The Kier molecular flexibility index (Phi) is 6.69. The van der Waals surface area contributed by atoms with Crippen molar-refractivity contribution in [3.05, 3.63) is 59.5 Å². The van der Waals surface area contributed by atoms with Crippen LogP contribution in [0.25, 0.3) is 17.5 Å². The Bertz CT molecular complexity index is 1040. The van der Waals surface area contributed by atoms with E-state index >= 15 is 0 Å². The maximum absolute atomic E-state index is 12.2. The summed E-state index contributed by atoms with van der Waals surface area (Å²) in [6, 6.07) is 11.3. The van der Waals surface area contributed by atoms with Gasteiger partial charge in [-0.2, -0.15) is 4.98 Å². The van der Waals surface area contributed by atoms with Crippen LogP contribution in [0.4, 0.5) is 0 Å². The lowest BCUT2D eigenvalue weighted by Crippen LogP contribution is -2.20. The molecule has 2 aromatic carbocycles. The van der Waals surface area contributed by atoms with Gasteiger partial charge in [-0.15, -0.1) is 0 Å². The molecule has 1 aromatic heterocycles. The summed E-state index contributed by atoms with van der Waals surface area (Å²) in [5.74, 6) is 1.94. The summed E-state index contributed by atoms with van der Waals surface area (Å²) in [6.45, 7) is 2.12. The average Bonchev–Trinajstić information content (AvgIpc) is 3.24. The molecule has 3 aromatic rings. The molecule has 156 valence electrons. The first-order valence-corrected chi connectivity index (χ1v) is 9.20. The van der Waals surface area contributed by atoms with Crippen LogP contribution in [0, 0.1) is 6.92 Å². The molecule has 8 heteroatoms. The van der Waals surface area contributed by atoms with Crippen molar-refractivity contribution in [3.8, 4) is 28.6 Å². The Hall–Kier alpha value is -3.81. The topological polar surface area (TPSA) is 95.7 Å². The number of nitrogens with zero attached hydrogens (tertiary/aromatic N) is 2. The van der Waals surface area contributed by atoms with Gasteiger partial charge in [0.25, 0.3) is 0 Å². The Labute approximate surface area is 174 Å². The summed E-state index contributed by atoms with van der Waals surface area (Å²) in [6.07, 6.45) is 3.02. The maximum atomic E-state index is 12.2. The predicted octanol–water partition coefficient (Wildman–Crippen LogP) is 3.40. The number of hydrogen-bond donors (Lipinski definition) is 1. The quantitative estimate of drug-likeness (QED) is 0.570. The molecule has 1 amide bonds. The smallest absolute Gasteiger partial charge is 0.246 e. The fraction of sp³-hybridized carbons (Fsp3) is 0.227. The van der Waals surface area contributed by atoms with Crippen LogP contribution >= 0.6 is 0 Å². The summed E-state index contributed by atoms with van der Waals surface area (Å²) < 4.78 is 21.2. The van der Waals surface area contributed by atoms with E-state index in [0.717, 1.165) is 11.1 Å². The van der Waals surface area contributed by atoms with Crippen LogP contribution in [-0.4, -0.2) is 37.4 Å².